The van der Waals surface area contributed by atoms with Crippen LogP contribution in [0.25, 0.3) is 0 Å². The van der Waals surface area contributed by atoms with Crippen LogP contribution in [0.4, 0.5) is 15.8 Å². The average molecular weight is 507 g/mol. The Hall–Kier alpha value is -4.65. The molecule has 0 saturated carbocycles. The number of fused-ring (bicyclic) bond motifs is 5. The van der Waals surface area contributed by atoms with E-state index in [0.29, 0.717) is 23.5 Å². The molecule has 1 N–H and O–H groups in total. The Morgan fingerprint density at radius 1 is 0.921 bits per heavy atom. The molecule has 7 heteroatoms. The van der Waals surface area contributed by atoms with Gasteiger partial charge in [0.15, 0.2) is 0 Å². The van der Waals surface area contributed by atoms with Crippen molar-refractivity contribution >= 4 is 23.2 Å². The van der Waals surface area contributed by atoms with Crippen LogP contribution in [0.2, 0.25) is 0 Å². The minimum absolute atomic E-state index is 0.0966. The topological polar surface area (TPSA) is 67.9 Å². The van der Waals surface area contributed by atoms with Gasteiger partial charge in [0, 0.05) is 29.3 Å². The van der Waals surface area contributed by atoms with Crippen LogP contribution in [0, 0.1) is 5.82 Å². The third-order valence-corrected chi connectivity index (χ3v) is 7.67. The van der Waals surface area contributed by atoms with Gasteiger partial charge in [-0.3, -0.25) is 9.59 Å². The Morgan fingerprint density at radius 2 is 1.71 bits per heavy atom. The molecule has 0 radical (unpaired) electrons. The maximum absolute atomic E-state index is 14.3. The highest BCUT2D eigenvalue weighted by molar-refractivity contribution is 6.12. The summed E-state index contributed by atoms with van der Waals surface area (Å²) in [7, 11) is 0. The highest BCUT2D eigenvalue weighted by atomic mass is 19.1. The summed E-state index contributed by atoms with van der Waals surface area (Å²) in [5.41, 5.74) is 3.77. The number of ether oxygens (including phenoxy) is 2. The van der Waals surface area contributed by atoms with Gasteiger partial charge in [0.05, 0.1) is 18.8 Å². The van der Waals surface area contributed by atoms with E-state index in [1.165, 1.54) is 12.1 Å². The van der Waals surface area contributed by atoms with Gasteiger partial charge in [-0.15, -0.1) is 0 Å². The van der Waals surface area contributed by atoms with Gasteiger partial charge in [0.1, 0.15) is 29.3 Å². The molecule has 2 amide bonds. The molecule has 0 bridgehead atoms. The predicted molar refractivity (Wildman–Crippen MR) is 140 cm³/mol. The number of hydrogen-bond donors (Lipinski definition) is 1. The first-order valence-electron chi connectivity index (χ1n) is 12.5. The van der Waals surface area contributed by atoms with E-state index >= 15 is 0 Å². The van der Waals surface area contributed by atoms with Crippen LogP contribution in [-0.4, -0.2) is 25.0 Å². The lowest BCUT2D eigenvalue weighted by Gasteiger charge is -2.24. The summed E-state index contributed by atoms with van der Waals surface area (Å²) < 4.78 is 26.0. The summed E-state index contributed by atoms with van der Waals surface area (Å²) >= 11 is 0. The van der Waals surface area contributed by atoms with Crippen LogP contribution in [0.3, 0.4) is 0 Å². The second-order valence-corrected chi connectivity index (χ2v) is 9.75. The molecule has 188 valence electrons. The molecule has 0 aliphatic carbocycles. The van der Waals surface area contributed by atoms with Gasteiger partial charge < -0.3 is 19.7 Å². The highest BCUT2D eigenvalue weighted by Gasteiger charge is 2.57. The van der Waals surface area contributed by atoms with E-state index in [4.69, 9.17) is 9.47 Å². The number of carbonyl (C=O) groups excluding carboxylic acids is 2. The Labute approximate surface area is 218 Å². The fourth-order valence-electron chi connectivity index (χ4n) is 5.81. The molecule has 1 atom stereocenters. The number of anilines is 2. The van der Waals surface area contributed by atoms with Crippen LogP contribution >= 0.6 is 0 Å². The lowest BCUT2D eigenvalue weighted by atomic mass is 9.76. The maximum atomic E-state index is 14.3. The Balaban J connectivity index is 1.27. The van der Waals surface area contributed by atoms with Gasteiger partial charge in [0.2, 0.25) is 5.91 Å². The monoisotopic (exact) mass is 506 g/mol. The fourth-order valence-corrected chi connectivity index (χ4v) is 5.81. The van der Waals surface area contributed by atoms with E-state index in [9.17, 15) is 14.0 Å². The molecule has 1 spiro atoms. The second kappa shape index (κ2) is 8.45. The van der Waals surface area contributed by atoms with E-state index in [0.717, 1.165) is 34.5 Å². The molecule has 4 aromatic rings. The Bertz CT molecular complexity index is 1630. The van der Waals surface area contributed by atoms with E-state index in [1.54, 1.807) is 29.2 Å². The molecule has 3 aliphatic heterocycles. The number of amides is 2. The SMILES string of the molecule is O=C(Nc1ccccc1F)c1ccccc1CN1C(=O)C2(COc3cc4c(cc32)CCO4)c2ccccc21. The minimum atomic E-state index is -0.964. The van der Waals surface area contributed by atoms with Crippen LogP contribution in [-0.2, 0) is 23.2 Å². The average Bonchev–Trinajstić information content (AvgIpc) is 3.61. The summed E-state index contributed by atoms with van der Waals surface area (Å²) in [6.07, 6.45) is 0.794. The van der Waals surface area contributed by atoms with Crippen molar-refractivity contribution in [1.29, 1.82) is 0 Å². The van der Waals surface area contributed by atoms with Gasteiger partial charge in [-0.05, 0) is 47.0 Å². The van der Waals surface area contributed by atoms with Crippen LogP contribution < -0.4 is 19.7 Å². The molecule has 4 aromatic carbocycles. The number of para-hydroxylation sites is 2. The number of hydrogen-bond acceptors (Lipinski definition) is 4. The number of nitrogens with zero attached hydrogens (tertiary/aromatic N) is 1. The third-order valence-electron chi connectivity index (χ3n) is 7.67. The molecule has 6 nitrogen and oxygen atoms in total. The number of benzene rings is 4. The van der Waals surface area contributed by atoms with Crippen molar-refractivity contribution in [2.45, 2.75) is 18.4 Å². The summed E-state index contributed by atoms with van der Waals surface area (Å²) in [6, 6.07) is 24.8. The number of halogens is 1. The van der Waals surface area contributed by atoms with Gasteiger partial charge in [-0.2, -0.15) is 0 Å². The zero-order valence-corrected chi connectivity index (χ0v) is 20.4. The van der Waals surface area contributed by atoms with E-state index in [1.807, 2.05) is 42.5 Å². The lowest BCUT2D eigenvalue weighted by molar-refractivity contribution is -0.122. The smallest absolute Gasteiger partial charge is 0.256 e. The van der Waals surface area contributed by atoms with Crippen molar-refractivity contribution < 1.29 is 23.5 Å². The quantitative estimate of drug-likeness (QED) is 0.411. The number of rotatable bonds is 4. The van der Waals surface area contributed by atoms with Gasteiger partial charge in [-0.25, -0.2) is 4.39 Å². The van der Waals surface area contributed by atoms with Crippen molar-refractivity contribution in [2.24, 2.45) is 0 Å². The first kappa shape index (κ1) is 22.5. The zero-order chi connectivity index (χ0) is 25.9. The Morgan fingerprint density at radius 3 is 2.61 bits per heavy atom. The molecule has 1 unspecified atom stereocenters. The standard InChI is InChI=1S/C31H23FN2O4/c32-24-10-4-5-11-25(24)33-29(35)21-8-2-1-7-20(21)17-34-26-12-6-3-9-22(26)31(30(34)36)18-38-28-16-27-19(13-14-37-27)15-23(28)31/h1-12,15-16H,13-14,17-18H2,(H,33,35). The second-order valence-electron chi connectivity index (χ2n) is 9.75. The van der Waals surface area contributed by atoms with Gasteiger partial charge in [0.25, 0.3) is 5.91 Å². The van der Waals surface area contributed by atoms with E-state index < -0.39 is 17.1 Å². The van der Waals surface area contributed by atoms with Crippen LogP contribution in [0.1, 0.15) is 32.6 Å². The molecule has 7 rings (SSSR count). The van der Waals surface area contributed by atoms with Gasteiger partial charge >= 0.3 is 0 Å². The normalized spacial score (nSPS) is 18.6. The maximum Gasteiger partial charge on any atom is 0.256 e. The highest BCUT2D eigenvalue weighted by Crippen LogP contribution is 2.54. The molecule has 3 heterocycles. The molecular formula is C31H23FN2O4. The first-order chi connectivity index (χ1) is 18.6. The van der Waals surface area contributed by atoms with Crippen molar-refractivity contribution in [2.75, 3.05) is 23.4 Å². The number of carbonyl (C=O) groups is 2. The van der Waals surface area contributed by atoms with E-state index in [-0.39, 0.29) is 24.7 Å². The summed E-state index contributed by atoms with van der Waals surface area (Å²) in [6.45, 7) is 1.00. The van der Waals surface area contributed by atoms with Crippen molar-refractivity contribution in [3.05, 3.63) is 119 Å². The first-order valence-corrected chi connectivity index (χ1v) is 12.5. The third kappa shape index (κ3) is 3.24. The van der Waals surface area contributed by atoms with E-state index in [2.05, 4.69) is 11.4 Å². The van der Waals surface area contributed by atoms with Crippen molar-refractivity contribution in [3.63, 3.8) is 0 Å². The molecule has 3 aliphatic rings. The molecule has 0 saturated heterocycles. The lowest BCUT2D eigenvalue weighted by Crippen LogP contribution is -2.42. The number of nitrogens with one attached hydrogen (secondary N) is 1. The fraction of sp³-hybridized carbons (Fsp3) is 0.161. The minimum Gasteiger partial charge on any atom is -0.493 e. The summed E-state index contributed by atoms with van der Waals surface area (Å²) in [5, 5.41) is 2.66. The summed E-state index contributed by atoms with van der Waals surface area (Å²) in [4.78, 5) is 29.3. The zero-order valence-electron chi connectivity index (χ0n) is 20.4. The molecule has 0 fully saturated rings. The molecular weight excluding hydrogens is 483 g/mol. The molecule has 0 aromatic heterocycles. The summed E-state index contributed by atoms with van der Waals surface area (Å²) in [5.74, 6) is 0.429. The molecule has 38 heavy (non-hydrogen) atoms. The van der Waals surface area contributed by atoms with Crippen LogP contribution in [0.5, 0.6) is 11.5 Å². The van der Waals surface area contributed by atoms with Crippen LogP contribution in [0.15, 0.2) is 84.9 Å². The predicted octanol–water partition coefficient (Wildman–Crippen LogP) is 5.24. The largest absolute Gasteiger partial charge is 0.493 e. The van der Waals surface area contributed by atoms with Gasteiger partial charge in [-0.1, -0.05) is 48.5 Å². The Kier molecular flexibility index (Phi) is 5.01. The van der Waals surface area contributed by atoms with Crippen molar-refractivity contribution in [1.82, 2.24) is 0 Å². The van der Waals surface area contributed by atoms with Crippen molar-refractivity contribution in [3.8, 4) is 11.5 Å².